The van der Waals surface area contributed by atoms with Gasteiger partial charge in [-0.15, -0.1) is 0 Å². The van der Waals surface area contributed by atoms with Crippen molar-refractivity contribution in [3.8, 4) is 6.07 Å². The quantitative estimate of drug-likeness (QED) is 0.671. The van der Waals surface area contributed by atoms with Gasteiger partial charge in [0.25, 0.3) is 0 Å². The van der Waals surface area contributed by atoms with Crippen molar-refractivity contribution in [3.63, 3.8) is 0 Å². The van der Waals surface area contributed by atoms with Crippen LogP contribution >= 0.6 is 11.6 Å². The van der Waals surface area contributed by atoms with E-state index >= 15 is 0 Å². The average Bonchev–Trinajstić information content (AvgIpc) is 2.58. The second kappa shape index (κ2) is 7.80. The molecule has 0 amide bonds. The molecular formula is C19H12ClF4NO2. The van der Waals surface area contributed by atoms with Gasteiger partial charge in [0.2, 0.25) is 0 Å². The van der Waals surface area contributed by atoms with E-state index in [0.717, 1.165) is 30.4 Å². The summed E-state index contributed by atoms with van der Waals surface area (Å²) in [4.78, 5) is 11.0. The number of hydrogen-bond acceptors (Lipinski definition) is 2. The number of carbonyl (C=O) groups is 1. The van der Waals surface area contributed by atoms with E-state index in [1.54, 1.807) is 6.07 Å². The van der Waals surface area contributed by atoms with Crippen LogP contribution in [0.15, 0.2) is 36.4 Å². The summed E-state index contributed by atoms with van der Waals surface area (Å²) in [7, 11) is 0. The summed E-state index contributed by atoms with van der Waals surface area (Å²) >= 11 is 5.66. The Morgan fingerprint density at radius 3 is 2.48 bits per heavy atom. The van der Waals surface area contributed by atoms with Gasteiger partial charge in [-0.25, -0.2) is 9.18 Å². The summed E-state index contributed by atoms with van der Waals surface area (Å²) in [6.45, 7) is 1.31. The van der Waals surface area contributed by atoms with E-state index in [0.29, 0.717) is 0 Å². The number of aryl methyl sites for hydroxylation is 1. The first-order valence-corrected chi connectivity index (χ1v) is 7.90. The molecule has 0 aromatic heterocycles. The third-order valence-electron chi connectivity index (χ3n) is 3.82. The zero-order chi connectivity index (χ0) is 20.4. The highest BCUT2D eigenvalue weighted by Gasteiger charge is 2.39. The number of nitrogens with zero attached hydrogens (tertiary/aromatic N) is 1. The highest BCUT2D eigenvalue weighted by molar-refractivity contribution is 6.30. The minimum absolute atomic E-state index is 0.0160. The third-order valence-corrected chi connectivity index (χ3v) is 4.09. The fourth-order valence-corrected chi connectivity index (χ4v) is 2.77. The largest absolute Gasteiger partial charge is 0.478 e. The first kappa shape index (κ1) is 20.5. The smallest absolute Gasteiger partial charge is 0.399 e. The van der Waals surface area contributed by atoms with Gasteiger partial charge >= 0.3 is 12.1 Å². The Balaban J connectivity index is 2.47. The number of hydrogen-bond donors (Lipinski definition) is 1. The number of aromatic carboxylic acids is 1. The third kappa shape index (κ3) is 4.66. The molecule has 0 radical (unpaired) electrons. The summed E-state index contributed by atoms with van der Waals surface area (Å²) in [6, 6.07) is 7.28. The maximum absolute atomic E-state index is 13.6. The zero-order valence-electron chi connectivity index (χ0n) is 13.8. The van der Waals surface area contributed by atoms with E-state index in [9.17, 15) is 22.4 Å². The van der Waals surface area contributed by atoms with Crippen LogP contribution in [0, 0.1) is 24.1 Å². The number of alkyl halides is 3. The number of carboxylic acids is 1. The maximum atomic E-state index is 13.6. The summed E-state index contributed by atoms with van der Waals surface area (Å²) in [5.74, 6) is -4.15. The molecule has 0 aliphatic carbocycles. The molecule has 0 heterocycles. The molecular weight excluding hydrogens is 386 g/mol. The van der Waals surface area contributed by atoms with Gasteiger partial charge in [-0.05, 0) is 41.8 Å². The van der Waals surface area contributed by atoms with Gasteiger partial charge in [-0.1, -0.05) is 35.9 Å². The highest BCUT2D eigenvalue weighted by Crippen LogP contribution is 2.38. The lowest BCUT2D eigenvalue weighted by atomic mass is 9.95. The Labute approximate surface area is 157 Å². The van der Waals surface area contributed by atoms with E-state index in [1.807, 2.05) is 0 Å². The van der Waals surface area contributed by atoms with Crippen LogP contribution in [0.25, 0.3) is 6.08 Å². The zero-order valence-corrected chi connectivity index (χ0v) is 14.6. The van der Waals surface area contributed by atoms with Crippen molar-refractivity contribution >= 4 is 23.6 Å². The molecule has 0 bridgehead atoms. The molecule has 0 saturated carbocycles. The molecule has 2 aromatic carbocycles. The van der Waals surface area contributed by atoms with Crippen LogP contribution in [0.2, 0.25) is 5.02 Å². The Morgan fingerprint density at radius 1 is 1.30 bits per heavy atom. The Bertz CT molecular complexity index is 938. The number of benzene rings is 2. The molecule has 0 aliphatic rings. The minimum atomic E-state index is -4.66. The number of allylic oxidation sites excluding steroid dienone is 1. The topological polar surface area (TPSA) is 61.1 Å². The molecule has 1 N–H and O–H groups in total. The summed E-state index contributed by atoms with van der Waals surface area (Å²) in [5.41, 5.74) is -0.449. The van der Waals surface area contributed by atoms with Crippen molar-refractivity contribution < 1.29 is 27.5 Å². The number of nitriles is 1. The first-order valence-electron chi connectivity index (χ1n) is 7.52. The van der Waals surface area contributed by atoms with Crippen LogP contribution in [0.5, 0.6) is 0 Å². The van der Waals surface area contributed by atoms with E-state index in [4.69, 9.17) is 22.0 Å². The van der Waals surface area contributed by atoms with Crippen molar-refractivity contribution in [2.45, 2.75) is 19.0 Å². The molecule has 140 valence electrons. The van der Waals surface area contributed by atoms with Gasteiger partial charge in [0, 0.05) is 0 Å². The predicted molar refractivity (Wildman–Crippen MR) is 92.1 cm³/mol. The van der Waals surface area contributed by atoms with Crippen LogP contribution in [0.4, 0.5) is 17.6 Å². The van der Waals surface area contributed by atoms with Gasteiger partial charge in [0.15, 0.2) is 0 Å². The predicted octanol–water partition coefficient (Wildman–Crippen LogP) is 5.72. The maximum Gasteiger partial charge on any atom is 0.399 e. The summed E-state index contributed by atoms with van der Waals surface area (Å²) in [6.07, 6.45) is -2.69. The van der Waals surface area contributed by atoms with Crippen LogP contribution in [-0.4, -0.2) is 17.3 Å². The Hall–Kier alpha value is -2.85. The van der Waals surface area contributed by atoms with Crippen molar-refractivity contribution in [1.29, 1.82) is 5.26 Å². The van der Waals surface area contributed by atoms with E-state index in [1.165, 1.54) is 19.1 Å². The van der Waals surface area contributed by atoms with Gasteiger partial charge in [-0.2, -0.15) is 18.4 Å². The first-order chi connectivity index (χ1) is 12.5. The molecule has 0 fully saturated rings. The van der Waals surface area contributed by atoms with Crippen LogP contribution < -0.4 is 0 Å². The molecule has 27 heavy (non-hydrogen) atoms. The van der Waals surface area contributed by atoms with Crippen molar-refractivity contribution in [3.05, 3.63) is 75.1 Å². The lowest BCUT2D eigenvalue weighted by molar-refractivity contribution is -0.139. The molecule has 3 nitrogen and oxygen atoms in total. The van der Waals surface area contributed by atoms with Crippen molar-refractivity contribution in [1.82, 2.24) is 0 Å². The molecule has 8 heteroatoms. The van der Waals surface area contributed by atoms with Gasteiger partial charge in [0.05, 0.1) is 22.1 Å². The second-order valence-electron chi connectivity index (χ2n) is 5.73. The van der Waals surface area contributed by atoms with E-state index < -0.39 is 28.9 Å². The van der Waals surface area contributed by atoms with E-state index in [2.05, 4.69) is 0 Å². The summed E-state index contributed by atoms with van der Waals surface area (Å²) < 4.78 is 54.0. The Kier molecular flexibility index (Phi) is 5.91. The second-order valence-corrected chi connectivity index (χ2v) is 6.14. The molecule has 0 spiro atoms. The molecule has 0 saturated heterocycles. The van der Waals surface area contributed by atoms with Crippen molar-refractivity contribution in [2.75, 3.05) is 0 Å². The van der Waals surface area contributed by atoms with Gasteiger partial charge < -0.3 is 5.11 Å². The standard InChI is InChI=1S/C19H12ClF4NO2/c1-10-6-12(8-16(20)17(10)21)15(19(22,23)24)5-3-11-2-4-14(18(26)27)13(7-11)9-25/h2-8,15H,1H3,(H,26,27)/b5-3+. The number of carboxylic acid groups (broad SMARTS) is 1. The average molecular weight is 398 g/mol. The fraction of sp³-hybridized carbons (Fsp3) is 0.158. The lowest BCUT2D eigenvalue weighted by Gasteiger charge is -2.18. The highest BCUT2D eigenvalue weighted by atomic mass is 35.5. The molecule has 1 atom stereocenters. The number of rotatable bonds is 4. The minimum Gasteiger partial charge on any atom is -0.478 e. The van der Waals surface area contributed by atoms with Crippen LogP contribution in [-0.2, 0) is 0 Å². The molecule has 0 aliphatic heterocycles. The Morgan fingerprint density at radius 2 is 1.96 bits per heavy atom. The normalized spacial score (nSPS) is 12.8. The van der Waals surface area contributed by atoms with Gasteiger partial charge in [0.1, 0.15) is 11.9 Å². The SMILES string of the molecule is Cc1cc(C(/C=C/c2ccc(C(=O)O)c(C#N)c2)C(F)(F)F)cc(Cl)c1F. The van der Waals surface area contributed by atoms with Crippen LogP contribution in [0.1, 0.15) is 38.5 Å². The molecule has 1 unspecified atom stereocenters. The monoisotopic (exact) mass is 397 g/mol. The number of halogens is 5. The van der Waals surface area contributed by atoms with E-state index in [-0.39, 0.29) is 27.8 Å². The van der Waals surface area contributed by atoms with Gasteiger partial charge in [-0.3, -0.25) is 0 Å². The fourth-order valence-electron chi connectivity index (χ4n) is 2.49. The lowest BCUT2D eigenvalue weighted by Crippen LogP contribution is -2.19. The van der Waals surface area contributed by atoms with Crippen LogP contribution in [0.3, 0.4) is 0 Å². The van der Waals surface area contributed by atoms with Crippen molar-refractivity contribution in [2.24, 2.45) is 0 Å². The molecule has 2 rings (SSSR count). The summed E-state index contributed by atoms with van der Waals surface area (Å²) in [5, 5.41) is 17.6. The molecule has 2 aromatic rings.